The third-order valence-electron chi connectivity index (χ3n) is 4.05. The van der Waals surface area contributed by atoms with E-state index in [0.29, 0.717) is 0 Å². The third-order valence-corrected chi connectivity index (χ3v) is 4.05. The maximum absolute atomic E-state index is 5.50. The van der Waals surface area contributed by atoms with Crippen molar-refractivity contribution in [3.8, 4) is 0 Å². The number of hydrogen-bond donors (Lipinski definition) is 0. The largest absolute Gasteiger partial charge is 0.367 e. The van der Waals surface area contributed by atoms with E-state index in [1.165, 1.54) is 0 Å². The quantitative estimate of drug-likeness (QED) is 0.506. The minimum Gasteiger partial charge on any atom is -0.367 e. The van der Waals surface area contributed by atoms with E-state index in [-0.39, 0.29) is 6.23 Å². The fourth-order valence-electron chi connectivity index (χ4n) is 2.24. The van der Waals surface area contributed by atoms with Crippen molar-refractivity contribution in [3.05, 3.63) is 0 Å². The number of nitrogens with zero attached hydrogens (tertiary/aromatic N) is 3. The fraction of sp³-hybridized carbons (Fsp3) is 1.00. The Kier molecular flexibility index (Phi) is 11.6. The topological polar surface area (TPSA) is 19.0 Å². The van der Waals surface area contributed by atoms with Crippen molar-refractivity contribution < 1.29 is 4.74 Å². The Bertz CT molecular complexity index is 178. The van der Waals surface area contributed by atoms with Crippen LogP contribution in [0.2, 0.25) is 0 Å². The summed E-state index contributed by atoms with van der Waals surface area (Å²) in [6.45, 7) is 20.0. The zero-order valence-electron chi connectivity index (χ0n) is 14.0. The first-order chi connectivity index (χ1) is 9.12. The van der Waals surface area contributed by atoms with Crippen LogP contribution in [0.4, 0.5) is 0 Å². The summed E-state index contributed by atoms with van der Waals surface area (Å²) >= 11 is 0. The predicted octanol–water partition coefficient (Wildman–Crippen LogP) is 1.96. The molecule has 0 aromatic carbocycles. The molecule has 0 radical (unpaired) electrons. The van der Waals surface area contributed by atoms with E-state index in [0.717, 1.165) is 52.4 Å². The van der Waals surface area contributed by atoms with E-state index in [1.807, 2.05) is 0 Å². The lowest BCUT2D eigenvalue weighted by Crippen LogP contribution is -2.44. The summed E-state index contributed by atoms with van der Waals surface area (Å²) in [7, 11) is 1.80. The van der Waals surface area contributed by atoms with Crippen LogP contribution in [0.5, 0.6) is 0 Å². The Hall–Kier alpha value is -0.160. The number of likely N-dealkylation sites (N-methyl/N-ethyl adjacent to an activating group) is 2. The summed E-state index contributed by atoms with van der Waals surface area (Å²) in [5.41, 5.74) is 0. The Morgan fingerprint density at radius 3 is 1.37 bits per heavy atom. The molecule has 0 saturated heterocycles. The molecule has 4 nitrogen and oxygen atoms in total. The van der Waals surface area contributed by atoms with Gasteiger partial charge < -0.3 is 14.5 Å². The highest BCUT2D eigenvalue weighted by atomic mass is 16.5. The van der Waals surface area contributed by atoms with E-state index in [1.54, 1.807) is 7.11 Å². The van der Waals surface area contributed by atoms with Crippen molar-refractivity contribution in [3.63, 3.8) is 0 Å². The molecule has 0 rings (SSSR count). The van der Waals surface area contributed by atoms with Crippen LogP contribution in [0, 0.1) is 0 Å². The van der Waals surface area contributed by atoms with Gasteiger partial charge in [-0.05, 0) is 33.1 Å². The van der Waals surface area contributed by atoms with Crippen LogP contribution in [-0.4, -0.2) is 80.4 Å². The molecule has 0 aliphatic heterocycles. The van der Waals surface area contributed by atoms with Crippen LogP contribution < -0.4 is 0 Å². The van der Waals surface area contributed by atoms with Crippen LogP contribution in [0.15, 0.2) is 0 Å². The summed E-state index contributed by atoms with van der Waals surface area (Å²) in [6, 6.07) is 0. The second-order valence-electron chi connectivity index (χ2n) is 4.92. The van der Waals surface area contributed by atoms with Crippen molar-refractivity contribution >= 4 is 0 Å². The number of hydrogen-bond acceptors (Lipinski definition) is 4. The lowest BCUT2D eigenvalue weighted by molar-refractivity contribution is -0.0259. The van der Waals surface area contributed by atoms with E-state index in [4.69, 9.17) is 4.74 Å². The molecule has 0 aromatic heterocycles. The molecule has 0 spiro atoms. The monoisotopic (exact) mass is 273 g/mol. The predicted molar refractivity (Wildman–Crippen MR) is 83.6 cm³/mol. The van der Waals surface area contributed by atoms with Crippen molar-refractivity contribution in [2.75, 3.05) is 59.5 Å². The van der Waals surface area contributed by atoms with E-state index < -0.39 is 0 Å². The van der Waals surface area contributed by atoms with Gasteiger partial charge in [-0.15, -0.1) is 0 Å². The molecular weight excluding hydrogens is 238 g/mol. The van der Waals surface area contributed by atoms with Gasteiger partial charge in [-0.2, -0.15) is 0 Å². The first kappa shape index (κ1) is 18.8. The normalized spacial score (nSPS) is 13.7. The highest BCUT2D eigenvalue weighted by Crippen LogP contribution is 2.02. The molecule has 116 valence electrons. The van der Waals surface area contributed by atoms with E-state index in [9.17, 15) is 0 Å². The Labute approximate surface area is 120 Å². The fourth-order valence-corrected chi connectivity index (χ4v) is 2.24. The Balaban J connectivity index is 4.22. The van der Waals surface area contributed by atoms with Crippen molar-refractivity contribution in [2.24, 2.45) is 0 Å². The summed E-state index contributed by atoms with van der Waals surface area (Å²) < 4.78 is 5.50. The van der Waals surface area contributed by atoms with Crippen molar-refractivity contribution in [1.82, 2.24) is 14.7 Å². The highest BCUT2D eigenvalue weighted by molar-refractivity contribution is 4.66. The first-order valence-electron chi connectivity index (χ1n) is 7.84. The minimum absolute atomic E-state index is 0.200. The lowest BCUT2D eigenvalue weighted by atomic mass is 10.3. The van der Waals surface area contributed by atoms with Gasteiger partial charge in [0.05, 0.1) is 0 Å². The number of methoxy groups -OCH3 is 1. The second kappa shape index (κ2) is 11.6. The maximum Gasteiger partial charge on any atom is 0.107 e. The molecule has 1 atom stereocenters. The minimum atomic E-state index is 0.200. The molecule has 1 unspecified atom stereocenters. The Morgan fingerprint density at radius 1 is 0.737 bits per heavy atom. The standard InChI is InChI=1S/C15H35N3O/c1-7-16(8-2)11-13-18(15(5)19-6)14-12-17(9-3)10-4/h15H,7-14H2,1-6H3. The van der Waals surface area contributed by atoms with Crippen LogP contribution in [-0.2, 0) is 4.74 Å². The smallest absolute Gasteiger partial charge is 0.107 e. The zero-order valence-corrected chi connectivity index (χ0v) is 14.0. The van der Waals surface area contributed by atoms with Gasteiger partial charge in [0.1, 0.15) is 6.23 Å². The SMILES string of the molecule is CCN(CC)CCN(CCN(CC)CC)C(C)OC. The van der Waals surface area contributed by atoms with Gasteiger partial charge in [0.2, 0.25) is 0 Å². The van der Waals surface area contributed by atoms with Crippen molar-refractivity contribution in [1.29, 1.82) is 0 Å². The van der Waals surface area contributed by atoms with E-state index in [2.05, 4.69) is 49.3 Å². The first-order valence-corrected chi connectivity index (χ1v) is 7.84. The molecule has 0 saturated carbocycles. The van der Waals surface area contributed by atoms with Gasteiger partial charge in [-0.25, -0.2) is 0 Å². The lowest BCUT2D eigenvalue weighted by Gasteiger charge is -2.32. The number of ether oxygens (including phenoxy) is 1. The summed E-state index contributed by atoms with van der Waals surface area (Å²) in [6.07, 6.45) is 0.200. The average molecular weight is 273 g/mol. The third kappa shape index (κ3) is 7.88. The molecule has 0 heterocycles. The molecule has 0 bridgehead atoms. The van der Waals surface area contributed by atoms with Crippen LogP contribution in [0.3, 0.4) is 0 Å². The molecule has 4 heteroatoms. The summed E-state index contributed by atoms with van der Waals surface area (Å²) in [5.74, 6) is 0. The van der Waals surface area contributed by atoms with Gasteiger partial charge >= 0.3 is 0 Å². The van der Waals surface area contributed by atoms with Gasteiger partial charge in [0.15, 0.2) is 0 Å². The maximum atomic E-state index is 5.50. The van der Waals surface area contributed by atoms with Gasteiger partial charge in [0.25, 0.3) is 0 Å². The van der Waals surface area contributed by atoms with Gasteiger partial charge in [0, 0.05) is 33.3 Å². The molecule has 0 fully saturated rings. The van der Waals surface area contributed by atoms with Crippen LogP contribution >= 0.6 is 0 Å². The van der Waals surface area contributed by atoms with Crippen molar-refractivity contribution in [2.45, 2.75) is 40.8 Å². The molecule has 0 aromatic rings. The highest BCUT2D eigenvalue weighted by Gasteiger charge is 2.14. The molecule has 19 heavy (non-hydrogen) atoms. The molecule has 0 amide bonds. The van der Waals surface area contributed by atoms with Gasteiger partial charge in [-0.1, -0.05) is 27.7 Å². The summed E-state index contributed by atoms with van der Waals surface area (Å²) in [5, 5.41) is 0. The summed E-state index contributed by atoms with van der Waals surface area (Å²) in [4.78, 5) is 7.37. The van der Waals surface area contributed by atoms with Crippen LogP contribution in [0.1, 0.15) is 34.6 Å². The average Bonchev–Trinajstić information content (AvgIpc) is 2.46. The van der Waals surface area contributed by atoms with Crippen LogP contribution in [0.25, 0.3) is 0 Å². The molecule has 0 aliphatic rings. The zero-order chi connectivity index (χ0) is 14.7. The number of rotatable bonds is 12. The van der Waals surface area contributed by atoms with Gasteiger partial charge in [-0.3, -0.25) is 4.90 Å². The second-order valence-corrected chi connectivity index (χ2v) is 4.92. The van der Waals surface area contributed by atoms with E-state index >= 15 is 0 Å². The molecule has 0 aliphatic carbocycles. The molecule has 0 N–H and O–H groups in total. The Morgan fingerprint density at radius 2 is 1.11 bits per heavy atom. The molecular formula is C15H35N3O.